The van der Waals surface area contributed by atoms with E-state index < -0.39 is 28.7 Å². The summed E-state index contributed by atoms with van der Waals surface area (Å²) in [7, 11) is 0. The van der Waals surface area contributed by atoms with E-state index in [9.17, 15) is 19.5 Å². The highest BCUT2D eigenvalue weighted by atomic mass is 32.2. The third kappa shape index (κ3) is 2.09. The highest BCUT2D eigenvalue weighted by molar-refractivity contribution is 8.01. The van der Waals surface area contributed by atoms with Crippen LogP contribution in [0, 0.1) is 6.92 Å². The van der Waals surface area contributed by atoms with Crippen molar-refractivity contribution < 1.29 is 23.9 Å². The number of nitrogens with zero attached hydrogens (tertiary/aromatic N) is 1. The van der Waals surface area contributed by atoms with Crippen molar-refractivity contribution in [2.45, 2.75) is 43.0 Å². The Morgan fingerprint density at radius 1 is 1.41 bits per heavy atom. The van der Waals surface area contributed by atoms with E-state index in [4.69, 9.17) is 4.42 Å². The first-order chi connectivity index (χ1) is 10.2. The van der Waals surface area contributed by atoms with E-state index in [2.05, 4.69) is 5.32 Å². The lowest BCUT2D eigenvalue weighted by molar-refractivity contribution is -0.159. The van der Waals surface area contributed by atoms with Crippen LogP contribution in [0.4, 0.5) is 0 Å². The quantitative estimate of drug-likeness (QED) is 0.799. The standard InChI is InChI=1S/C14H16N2O5S/c1-6-4-5-7(21-6)10(17)15-8-11(18)16-9(13(19)20)14(2,3)22-12(8)16/h4-5,8-9,12H,1-3H3,(H,15,17)(H,19,20)/t8-,9-,12-/m1/s1. The van der Waals surface area contributed by atoms with E-state index in [0.29, 0.717) is 5.76 Å². The van der Waals surface area contributed by atoms with Crippen molar-refractivity contribution in [3.8, 4) is 0 Å². The van der Waals surface area contributed by atoms with Gasteiger partial charge in [0, 0.05) is 4.75 Å². The number of carboxylic acids is 1. The summed E-state index contributed by atoms with van der Waals surface area (Å²) in [5.74, 6) is -1.12. The van der Waals surface area contributed by atoms with Crippen LogP contribution in [0.1, 0.15) is 30.2 Å². The van der Waals surface area contributed by atoms with Gasteiger partial charge in [-0.25, -0.2) is 4.79 Å². The van der Waals surface area contributed by atoms with Gasteiger partial charge >= 0.3 is 5.97 Å². The Labute approximate surface area is 131 Å². The zero-order valence-electron chi connectivity index (χ0n) is 12.3. The molecule has 0 aliphatic carbocycles. The molecular formula is C14H16N2O5S. The molecule has 2 aliphatic heterocycles. The Balaban J connectivity index is 1.75. The van der Waals surface area contributed by atoms with Gasteiger partial charge in [-0.15, -0.1) is 11.8 Å². The van der Waals surface area contributed by atoms with Crippen molar-refractivity contribution >= 4 is 29.5 Å². The Hall–Kier alpha value is -1.96. The fourth-order valence-corrected chi connectivity index (χ4v) is 4.54. The molecule has 3 rings (SSSR count). The lowest BCUT2D eigenvalue weighted by Gasteiger charge is -2.43. The van der Waals surface area contributed by atoms with Crippen molar-refractivity contribution in [1.82, 2.24) is 10.2 Å². The maximum Gasteiger partial charge on any atom is 0.327 e. The van der Waals surface area contributed by atoms with E-state index in [0.717, 1.165) is 0 Å². The van der Waals surface area contributed by atoms with Crippen molar-refractivity contribution in [3.05, 3.63) is 23.7 Å². The van der Waals surface area contributed by atoms with E-state index in [1.807, 2.05) is 0 Å². The number of hydrogen-bond donors (Lipinski definition) is 2. The number of β-lactam (4-membered cyclic amide) rings is 1. The van der Waals surface area contributed by atoms with Gasteiger partial charge in [0.1, 0.15) is 23.2 Å². The smallest absolute Gasteiger partial charge is 0.327 e. The third-order valence-electron chi connectivity index (χ3n) is 3.93. The van der Waals surface area contributed by atoms with Crippen LogP contribution in [0.2, 0.25) is 0 Å². The second kappa shape index (κ2) is 4.77. The van der Waals surface area contributed by atoms with Crippen LogP contribution >= 0.6 is 11.8 Å². The van der Waals surface area contributed by atoms with Crippen LogP contribution in [0.15, 0.2) is 16.5 Å². The second-order valence-corrected chi connectivity index (χ2v) is 7.73. The molecule has 7 nitrogen and oxygen atoms in total. The number of carbonyl (C=O) groups is 3. The van der Waals surface area contributed by atoms with Crippen molar-refractivity contribution in [1.29, 1.82) is 0 Å². The second-order valence-electron chi connectivity index (χ2n) is 5.96. The first-order valence-corrected chi connectivity index (χ1v) is 7.70. The number of nitrogens with one attached hydrogen (secondary N) is 1. The molecule has 1 aromatic heterocycles. The highest BCUT2D eigenvalue weighted by Gasteiger charge is 2.64. The van der Waals surface area contributed by atoms with Crippen LogP contribution in [-0.4, -0.2) is 50.0 Å². The largest absolute Gasteiger partial charge is 0.480 e. The van der Waals surface area contributed by atoms with E-state index in [1.165, 1.54) is 22.7 Å². The molecule has 0 saturated carbocycles. The van der Waals surface area contributed by atoms with Gasteiger partial charge in [-0.1, -0.05) is 0 Å². The number of rotatable bonds is 3. The molecule has 2 amide bonds. The number of carboxylic acid groups (broad SMARTS) is 1. The Morgan fingerprint density at radius 3 is 2.64 bits per heavy atom. The minimum absolute atomic E-state index is 0.140. The molecule has 0 aromatic carbocycles. The van der Waals surface area contributed by atoms with E-state index >= 15 is 0 Å². The number of aryl methyl sites for hydroxylation is 1. The molecule has 3 atom stereocenters. The van der Waals surface area contributed by atoms with Gasteiger partial charge in [-0.2, -0.15) is 0 Å². The maximum atomic E-state index is 12.2. The third-order valence-corrected chi connectivity index (χ3v) is 5.50. The summed E-state index contributed by atoms with van der Waals surface area (Å²) in [6.07, 6.45) is 0. The average Bonchev–Trinajstić information content (AvgIpc) is 2.95. The van der Waals surface area contributed by atoms with Crippen molar-refractivity contribution in [2.75, 3.05) is 0 Å². The van der Waals surface area contributed by atoms with Crippen molar-refractivity contribution in [3.63, 3.8) is 0 Å². The molecule has 0 radical (unpaired) electrons. The number of furan rings is 1. The van der Waals surface area contributed by atoms with Gasteiger partial charge in [0.25, 0.3) is 5.91 Å². The number of fused-ring (bicyclic) bond motifs is 1. The van der Waals surface area contributed by atoms with Gasteiger partial charge in [0.2, 0.25) is 5.91 Å². The summed E-state index contributed by atoms with van der Waals surface area (Å²) in [6.45, 7) is 5.30. The average molecular weight is 324 g/mol. The summed E-state index contributed by atoms with van der Waals surface area (Å²) in [5.41, 5.74) is 0. The zero-order valence-corrected chi connectivity index (χ0v) is 13.1. The fourth-order valence-electron chi connectivity index (χ4n) is 2.91. The Bertz CT molecular complexity index is 668. The molecule has 2 aliphatic rings. The normalized spacial score (nSPS) is 29.0. The van der Waals surface area contributed by atoms with Crippen LogP contribution < -0.4 is 5.32 Å². The molecule has 22 heavy (non-hydrogen) atoms. The minimum atomic E-state index is -1.03. The van der Waals surface area contributed by atoms with Gasteiger partial charge in [-0.3, -0.25) is 9.59 Å². The van der Waals surface area contributed by atoms with Crippen LogP contribution in [0.5, 0.6) is 0 Å². The zero-order chi connectivity index (χ0) is 16.2. The molecule has 0 unspecified atom stereocenters. The predicted octanol–water partition coefficient (Wildman–Crippen LogP) is 0.833. The van der Waals surface area contributed by atoms with Crippen molar-refractivity contribution in [2.24, 2.45) is 0 Å². The highest BCUT2D eigenvalue weighted by Crippen LogP contribution is 2.50. The molecule has 3 heterocycles. The Kier molecular flexibility index (Phi) is 3.24. The van der Waals surface area contributed by atoms with Crippen LogP contribution in [0.25, 0.3) is 0 Å². The molecular weight excluding hydrogens is 308 g/mol. The first kappa shape index (κ1) is 15.0. The number of carbonyl (C=O) groups excluding carboxylic acids is 2. The molecule has 1 aromatic rings. The van der Waals surface area contributed by atoms with Crippen LogP contribution in [-0.2, 0) is 9.59 Å². The molecule has 2 saturated heterocycles. The SMILES string of the molecule is Cc1ccc(C(=O)N[C@@H]2C(=O)N3[C@@H]2SC(C)(C)[C@H]3C(=O)O)o1. The fraction of sp³-hybridized carbons (Fsp3) is 0.500. The molecule has 118 valence electrons. The summed E-state index contributed by atoms with van der Waals surface area (Å²) in [4.78, 5) is 37.0. The summed E-state index contributed by atoms with van der Waals surface area (Å²) in [5, 5.41) is 11.6. The Morgan fingerprint density at radius 2 is 2.09 bits per heavy atom. The van der Waals surface area contributed by atoms with Gasteiger partial charge in [0.05, 0.1) is 0 Å². The molecule has 2 N–H and O–H groups in total. The number of thioether (sulfide) groups is 1. The minimum Gasteiger partial charge on any atom is -0.480 e. The number of hydrogen-bond acceptors (Lipinski definition) is 5. The molecule has 2 fully saturated rings. The maximum absolute atomic E-state index is 12.2. The van der Waals surface area contributed by atoms with Crippen LogP contribution in [0.3, 0.4) is 0 Å². The monoisotopic (exact) mass is 324 g/mol. The summed E-state index contributed by atoms with van der Waals surface area (Å²) < 4.78 is 4.62. The summed E-state index contributed by atoms with van der Waals surface area (Å²) in [6, 6.07) is 1.61. The number of amides is 2. The summed E-state index contributed by atoms with van der Waals surface area (Å²) >= 11 is 1.39. The van der Waals surface area contributed by atoms with Gasteiger partial charge in [0.15, 0.2) is 5.76 Å². The van der Waals surface area contributed by atoms with Gasteiger partial charge < -0.3 is 19.7 Å². The predicted molar refractivity (Wildman–Crippen MR) is 78.4 cm³/mol. The topological polar surface area (TPSA) is 99.9 Å². The molecule has 0 spiro atoms. The van der Waals surface area contributed by atoms with E-state index in [-0.39, 0.29) is 17.0 Å². The van der Waals surface area contributed by atoms with Gasteiger partial charge in [-0.05, 0) is 32.9 Å². The lowest BCUT2D eigenvalue weighted by atomic mass is 9.96. The van der Waals surface area contributed by atoms with E-state index in [1.54, 1.807) is 26.8 Å². The molecule has 8 heteroatoms. The number of aliphatic carboxylic acids is 1. The lowest BCUT2D eigenvalue weighted by Crippen LogP contribution is -2.70. The molecule has 0 bridgehead atoms. The first-order valence-electron chi connectivity index (χ1n) is 6.82.